The number of halogens is 6. The summed E-state index contributed by atoms with van der Waals surface area (Å²) in [7, 11) is 0. The number of hydrogen-bond donors (Lipinski definition) is 2. The molecule has 0 saturated heterocycles. The van der Waals surface area contributed by atoms with Crippen molar-refractivity contribution in [3.8, 4) is 0 Å². The van der Waals surface area contributed by atoms with E-state index < -0.39 is 53.3 Å². The minimum atomic E-state index is -4.69. The Morgan fingerprint density at radius 1 is 0.929 bits per heavy atom. The third-order valence-electron chi connectivity index (χ3n) is 3.85. The van der Waals surface area contributed by atoms with E-state index >= 15 is 0 Å². The van der Waals surface area contributed by atoms with Gasteiger partial charge in [-0.15, -0.1) is 0 Å². The number of carbonyl (C=O) groups is 2. The van der Waals surface area contributed by atoms with E-state index in [1.54, 1.807) is 0 Å². The molecule has 0 aliphatic rings. The topological polar surface area (TPSA) is 72.2 Å². The lowest BCUT2D eigenvalue weighted by Crippen LogP contribution is -2.46. The summed E-state index contributed by atoms with van der Waals surface area (Å²) in [5.74, 6) is -2.20. The normalized spacial score (nSPS) is 13.1. The maximum absolute atomic E-state index is 13.1. The number of nitrogens with one attached hydrogen (secondary N) is 1. The van der Waals surface area contributed by atoms with Crippen LogP contribution in [0, 0.1) is 0 Å². The zero-order chi connectivity index (χ0) is 21.1. The molecule has 0 spiro atoms. The van der Waals surface area contributed by atoms with Crippen molar-refractivity contribution < 1.29 is 35.9 Å². The van der Waals surface area contributed by atoms with Gasteiger partial charge in [0.1, 0.15) is 6.04 Å². The third kappa shape index (κ3) is 5.24. The minimum Gasteiger partial charge on any atom is -0.368 e. The maximum atomic E-state index is 13.1. The first kappa shape index (κ1) is 21.3. The molecule has 4 nitrogen and oxygen atoms in total. The first-order chi connectivity index (χ1) is 12.9. The van der Waals surface area contributed by atoms with E-state index in [0.717, 1.165) is 36.4 Å². The summed E-state index contributed by atoms with van der Waals surface area (Å²) in [6, 6.07) is 6.24. The molecule has 0 bridgehead atoms. The Kier molecular flexibility index (Phi) is 6.01. The fourth-order valence-electron chi connectivity index (χ4n) is 2.50. The van der Waals surface area contributed by atoms with Crippen molar-refractivity contribution in [3.63, 3.8) is 0 Å². The first-order valence-corrected chi connectivity index (χ1v) is 7.82. The van der Waals surface area contributed by atoms with Gasteiger partial charge in [-0.1, -0.05) is 24.3 Å². The summed E-state index contributed by atoms with van der Waals surface area (Å²) in [5, 5.41) is 2.09. The fourth-order valence-corrected chi connectivity index (χ4v) is 2.50. The summed E-state index contributed by atoms with van der Waals surface area (Å²) in [5.41, 5.74) is 2.36. The molecule has 3 N–H and O–H groups in total. The number of alkyl halides is 6. The molecule has 0 heterocycles. The van der Waals surface area contributed by atoms with Crippen LogP contribution < -0.4 is 11.1 Å². The van der Waals surface area contributed by atoms with Crippen molar-refractivity contribution in [2.45, 2.75) is 24.8 Å². The summed E-state index contributed by atoms with van der Waals surface area (Å²) in [6.07, 6.45) is -9.95. The van der Waals surface area contributed by atoms with E-state index in [9.17, 15) is 35.9 Å². The molecule has 2 aromatic carbocycles. The van der Waals surface area contributed by atoms with Gasteiger partial charge in [-0.25, -0.2) is 0 Å². The molecular weight excluding hydrogens is 390 g/mol. The second-order valence-corrected chi connectivity index (χ2v) is 5.87. The lowest BCUT2D eigenvalue weighted by Gasteiger charge is -2.19. The van der Waals surface area contributed by atoms with E-state index in [1.807, 2.05) is 0 Å². The Bertz CT molecular complexity index is 877. The maximum Gasteiger partial charge on any atom is 0.416 e. The number of primary amides is 1. The fraction of sp³-hybridized carbons (Fsp3) is 0.222. The predicted molar refractivity (Wildman–Crippen MR) is 87.0 cm³/mol. The van der Waals surface area contributed by atoms with Crippen molar-refractivity contribution >= 4 is 11.8 Å². The molecule has 0 saturated carbocycles. The molecular formula is C18H14F6N2O2. The monoisotopic (exact) mass is 404 g/mol. The standard InChI is InChI=1S/C18H14F6N2O2/c19-17(20,21)12-6-3-5-11(8-12)16(28)26-14(15(25)27)9-10-4-1-2-7-13(10)18(22,23)24/h1-8,14H,9H2,(H2,25,27)(H,26,28)/t14-/m0/s1. The van der Waals surface area contributed by atoms with Crippen LogP contribution >= 0.6 is 0 Å². The second-order valence-electron chi connectivity index (χ2n) is 5.87. The van der Waals surface area contributed by atoms with Crippen LogP contribution in [0.1, 0.15) is 27.0 Å². The van der Waals surface area contributed by atoms with Gasteiger partial charge >= 0.3 is 12.4 Å². The molecule has 1 atom stereocenters. The van der Waals surface area contributed by atoms with E-state index in [2.05, 4.69) is 5.32 Å². The molecule has 0 aliphatic heterocycles. The average molecular weight is 404 g/mol. The van der Waals surface area contributed by atoms with Crippen LogP contribution in [0.5, 0.6) is 0 Å². The first-order valence-electron chi connectivity index (χ1n) is 7.82. The van der Waals surface area contributed by atoms with Crippen molar-refractivity contribution in [2.75, 3.05) is 0 Å². The van der Waals surface area contributed by atoms with Gasteiger partial charge in [0.2, 0.25) is 5.91 Å². The molecule has 0 radical (unpaired) electrons. The molecule has 150 valence electrons. The quantitative estimate of drug-likeness (QED) is 0.749. The predicted octanol–water partition coefficient (Wildman–Crippen LogP) is 3.55. The molecule has 0 fully saturated rings. The van der Waals surface area contributed by atoms with Gasteiger partial charge in [0.05, 0.1) is 11.1 Å². The van der Waals surface area contributed by atoms with E-state index in [1.165, 1.54) is 6.07 Å². The van der Waals surface area contributed by atoms with Gasteiger partial charge in [0.25, 0.3) is 5.91 Å². The Balaban J connectivity index is 2.26. The van der Waals surface area contributed by atoms with Crippen molar-refractivity contribution in [3.05, 3.63) is 70.8 Å². The molecule has 0 aromatic heterocycles. The molecule has 28 heavy (non-hydrogen) atoms. The summed E-state index contributed by atoms with van der Waals surface area (Å²) in [4.78, 5) is 23.8. The minimum absolute atomic E-state index is 0.289. The molecule has 2 amide bonds. The van der Waals surface area contributed by atoms with Crippen LogP contribution in [-0.2, 0) is 23.6 Å². The van der Waals surface area contributed by atoms with Crippen LogP contribution in [0.4, 0.5) is 26.3 Å². The molecule has 10 heteroatoms. The van der Waals surface area contributed by atoms with Crippen LogP contribution in [0.2, 0.25) is 0 Å². The number of rotatable bonds is 5. The number of carbonyl (C=O) groups excluding carboxylic acids is 2. The Morgan fingerprint density at radius 2 is 1.57 bits per heavy atom. The Morgan fingerprint density at radius 3 is 2.14 bits per heavy atom. The number of benzene rings is 2. The van der Waals surface area contributed by atoms with Gasteiger partial charge in [0.15, 0.2) is 0 Å². The van der Waals surface area contributed by atoms with Crippen LogP contribution in [0.15, 0.2) is 48.5 Å². The van der Waals surface area contributed by atoms with Gasteiger partial charge in [-0.2, -0.15) is 26.3 Å². The highest BCUT2D eigenvalue weighted by molar-refractivity contribution is 5.97. The molecule has 2 aromatic rings. The Labute approximate surface area is 155 Å². The zero-order valence-corrected chi connectivity index (χ0v) is 14.1. The van der Waals surface area contributed by atoms with E-state index in [-0.39, 0.29) is 5.56 Å². The van der Waals surface area contributed by atoms with Gasteiger partial charge in [0, 0.05) is 12.0 Å². The Hall–Kier alpha value is -3.04. The van der Waals surface area contributed by atoms with E-state index in [0.29, 0.717) is 6.07 Å². The highest BCUT2D eigenvalue weighted by Crippen LogP contribution is 2.32. The molecule has 2 rings (SSSR count). The van der Waals surface area contributed by atoms with Crippen molar-refractivity contribution in [1.29, 1.82) is 0 Å². The van der Waals surface area contributed by atoms with Gasteiger partial charge < -0.3 is 11.1 Å². The summed E-state index contributed by atoms with van der Waals surface area (Å²) in [6.45, 7) is 0. The lowest BCUT2D eigenvalue weighted by atomic mass is 9.99. The number of amides is 2. The summed E-state index contributed by atoms with van der Waals surface area (Å²) < 4.78 is 77.5. The average Bonchev–Trinajstić information content (AvgIpc) is 2.60. The highest BCUT2D eigenvalue weighted by Gasteiger charge is 2.34. The SMILES string of the molecule is NC(=O)[C@H](Cc1ccccc1C(F)(F)F)NC(=O)c1cccc(C(F)(F)F)c1. The largest absolute Gasteiger partial charge is 0.416 e. The summed E-state index contributed by atoms with van der Waals surface area (Å²) >= 11 is 0. The lowest BCUT2D eigenvalue weighted by molar-refractivity contribution is -0.138. The molecule has 0 unspecified atom stereocenters. The van der Waals surface area contributed by atoms with Crippen molar-refractivity contribution in [2.24, 2.45) is 5.73 Å². The van der Waals surface area contributed by atoms with Gasteiger partial charge in [-0.05, 0) is 29.8 Å². The van der Waals surface area contributed by atoms with Gasteiger partial charge in [-0.3, -0.25) is 9.59 Å². The smallest absolute Gasteiger partial charge is 0.368 e. The van der Waals surface area contributed by atoms with Crippen LogP contribution in [0.3, 0.4) is 0 Å². The second kappa shape index (κ2) is 7.91. The third-order valence-corrected chi connectivity index (χ3v) is 3.85. The van der Waals surface area contributed by atoms with Crippen LogP contribution in [0.25, 0.3) is 0 Å². The highest BCUT2D eigenvalue weighted by atomic mass is 19.4. The van der Waals surface area contributed by atoms with Crippen LogP contribution in [-0.4, -0.2) is 17.9 Å². The van der Waals surface area contributed by atoms with Crippen molar-refractivity contribution in [1.82, 2.24) is 5.32 Å². The zero-order valence-electron chi connectivity index (χ0n) is 14.1. The number of nitrogens with two attached hydrogens (primary N) is 1. The molecule has 0 aliphatic carbocycles. The van der Waals surface area contributed by atoms with E-state index in [4.69, 9.17) is 5.73 Å². The number of hydrogen-bond acceptors (Lipinski definition) is 2.